The van der Waals surface area contributed by atoms with Crippen molar-refractivity contribution in [3.8, 4) is 16.9 Å². The number of halogens is 2. The first-order valence-electron chi connectivity index (χ1n) is 5.34. The number of nitrogens with one attached hydrogen (secondary N) is 1. The number of nitrogens with zero attached hydrogens (tertiary/aromatic N) is 2. The van der Waals surface area contributed by atoms with Gasteiger partial charge in [0, 0.05) is 33.4 Å². The Hall–Kier alpha value is -1.60. The van der Waals surface area contributed by atoms with Crippen LogP contribution in [0.5, 0.6) is 5.75 Å². The summed E-state index contributed by atoms with van der Waals surface area (Å²) in [6.45, 7) is 0. The Kier molecular flexibility index (Phi) is 2.94. The highest BCUT2D eigenvalue weighted by atomic mass is 79.9. The molecule has 3 aromatic rings. The maximum absolute atomic E-state index is 10.1. The van der Waals surface area contributed by atoms with E-state index < -0.39 is 0 Å². The lowest BCUT2D eigenvalue weighted by molar-refractivity contribution is 0.481. The smallest absolute Gasteiger partial charge is 0.198 e. The predicted octanol–water partition coefficient (Wildman–Crippen LogP) is 3.44. The molecule has 5 nitrogen and oxygen atoms in total. The van der Waals surface area contributed by atoms with E-state index in [1.165, 1.54) is 0 Å². The molecule has 0 saturated heterocycles. The first kappa shape index (κ1) is 12.4. The second-order valence-corrected chi connectivity index (χ2v) is 5.61. The van der Waals surface area contributed by atoms with Crippen LogP contribution >= 0.6 is 31.9 Å². The van der Waals surface area contributed by atoms with Gasteiger partial charge in [-0.25, -0.2) is 9.97 Å². The van der Waals surface area contributed by atoms with E-state index in [0.717, 1.165) is 15.6 Å². The van der Waals surface area contributed by atoms with Crippen molar-refractivity contribution in [3.05, 3.63) is 33.7 Å². The van der Waals surface area contributed by atoms with Gasteiger partial charge < -0.3 is 15.8 Å². The molecule has 0 spiro atoms. The van der Waals surface area contributed by atoms with Crippen molar-refractivity contribution in [2.24, 2.45) is 0 Å². The van der Waals surface area contributed by atoms with Crippen molar-refractivity contribution in [1.82, 2.24) is 15.0 Å². The number of anilines is 1. The third kappa shape index (κ3) is 2.08. The van der Waals surface area contributed by atoms with Gasteiger partial charge in [0.25, 0.3) is 0 Å². The van der Waals surface area contributed by atoms with E-state index in [-0.39, 0.29) is 5.75 Å². The summed E-state index contributed by atoms with van der Waals surface area (Å²) in [7, 11) is 0. The zero-order chi connectivity index (χ0) is 13.6. The van der Waals surface area contributed by atoms with Crippen LogP contribution in [0.2, 0.25) is 0 Å². The number of aromatic hydroxyl groups is 1. The van der Waals surface area contributed by atoms with Crippen LogP contribution in [-0.2, 0) is 0 Å². The average Bonchev–Trinajstić information content (AvgIpc) is 2.72. The lowest BCUT2D eigenvalue weighted by atomic mass is 10.1. The lowest BCUT2D eigenvalue weighted by Crippen LogP contribution is -1.96. The van der Waals surface area contributed by atoms with Gasteiger partial charge in [0.05, 0.1) is 5.52 Å². The quantitative estimate of drug-likeness (QED) is 0.561. The molecule has 3 rings (SSSR count). The summed E-state index contributed by atoms with van der Waals surface area (Å²) in [6, 6.07) is 3.52. The van der Waals surface area contributed by atoms with Crippen LogP contribution in [0.1, 0.15) is 0 Å². The molecule has 2 heterocycles. The first-order valence-corrected chi connectivity index (χ1v) is 6.93. The Labute approximate surface area is 125 Å². The monoisotopic (exact) mass is 382 g/mol. The van der Waals surface area contributed by atoms with Gasteiger partial charge >= 0.3 is 0 Å². The number of benzene rings is 1. The highest BCUT2D eigenvalue weighted by Gasteiger charge is 2.14. The number of nitrogen functional groups attached to an aromatic ring is 1. The van der Waals surface area contributed by atoms with Crippen LogP contribution < -0.4 is 5.73 Å². The number of rotatable bonds is 1. The van der Waals surface area contributed by atoms with Crippen molar-refractivity contribution in [1.29, 1.82) is 0 Å². The third-order valence-corrected chi connectivity index (χ3v) is 3.64. The van der Waals surface area contributed by atoms with Crippen LogP contribution in [0.3, 0.4) is 0 Å². The maximum atomic E-state index is 10.1. The molecular formula is C12H8Br2N4O. The van der Waals surface area contributed by atoms with E-state index in [1.54, 1.807) is 18.5 Å². The normalized spacial score (nSPS) is 11.1. The molecule has 0 amide bonds. The van der Waals surface area contributed by atoms with Gasteiger partial charge in [-0.2, -0.15) is 0 Å². The summed E-state index contributed by atoms with van der Waals surface area (Å²) >= 11 is 6.50. The topological polar surface area (TPSA) is 87.8 Å². The van der Waals surface area contributed by atoms with E-state index in [4.69, 9.17) is 5.73 Å². The van der Waals surface area contributed by atoms with E-state index in [9.17, 15) is 5.11 Å². The minimum absolute atomic E-state index is 0.169. The largest absolute Gasteiger partial charge is 0.507 e. The summed E-state index contributed by atoms with van der Waals surface area (Å²) in [5, 5.41) is 10.8. The summed E-state index contributed by atoms with van der Waals surface area (Å²) < 4.78 is 1.23. The van der Waals surface area contributed by atoms with Crippen LogP contribution in [-0.4, -0.2) is 20.1 Å². The molecule has 0 fully saturated rings. The number of hydrogen-bond donors (Lipinski definition) is 3. The second kappa shape index (κ2) is 4.50. The minimum Gasteiger partial charge on any atom is -0.507 e. The number of phenolic OH excluding ortho intramolecular Hbond substituents is 1. The van der Waals surface area contributed by atoms with Gasteiger partial charge in [-0.05, 0) is 28.1 Å². The fraction of sp³-hybridized carbons (Fsp3) is 0. The number of hydrogen-bond acceptors (Lipinski definition) is 4. The zero-order valence-corrected chi connectivity index (χ0v) is 12.7. The molecule has 0 aliphatic heterocycles. The minimum atomic E-state index is 0.169. The number of aromatic amines is 1. The fourth-order valence-electron chi connectivity index (χ4n) is 2.00. The highest BCUT2D eigenvalue weighted by molar-refractivity contribution is 9.10. The molecule has 0 aliphatic carbocycles. The van der Waals surface area contributed by atoms with E-state index in [2.05, 4.69) is 46.8 Å². The van der Waals surface area contributed by atoms with Gasteiger partial charge in [0.15, 0.2) is 4.73 Å². The fourth-order valence-corrected chi connectivity index (χ4v) is 2.74. The summed E-state index contributed by atoms with van der Waals surface area (Å²) in [5.41, 5.74) is 8.15. The van der Waals surface area contributed by atoms with Crippen molar-refractivity contribution in [2.75, 3.05) is 5.73 Å². The molecule has 0 bridgehead atoms. The number of fused-ring (bicyclic) bond motifs is 1. The summed E-state index contributed by atoms with van der Waals surface area (Å²) in [5.74, 6) is 0.521. The van der Waals surface area contributed by atoms with Gasteiger partial charge in [-0.15, -0.1) is 0 Å². The molecular weight excluding hydrogens is 376 g/mol. The third-order valence-electron chi connectivity index (χ3n) is 2.80. The molecule has 1 aromatic carbocycles. The van der Waals surface area contributed by atoms with Gasteiger partial charge in [-0.1, -0.05) is 15.9 Å². The van der Waals surface area contributed by atoms with Crippen LogP contribution in [0.25, 0.3) is 22.0 Å². The van der Waals surface area contributed by atoms with Crippen LogP contribution in [0.15, 0.2) is 33.7 Å². The van der Waals surface area contributed by atoms with E-state index in [0.29, 0.717) is 21.5 Å². The lowest BCUT2D eigenvalue weighted by Gasteiger charge is -2.04. The molecule has 0 unspecified atom stereocenters. The molecule has 0 saturated carbocycles. The number of nitrogens with two attached hydrogens (primary N) is 1. The molecule has 0 radical (unpaired) electrons. The Morgan fingerprint density at radius 3 is 2.74 bits per heavy atom. The number of H-pyrrole nitrogens is 1. The Bertz CT molecular complexity index is 785. The molecule has 96 valence electrons. The molecule has 7 heteroatoms. The SMILES string of the molecule is Nc1nc(Br)ncc1-c1c[nH]c2cc(Br)cc(O)c12. The number of aromatic nitrogens is 3. The maximum Gasteiger partial charge on any atom is 0.198 e. The summed E-state index contributed by atoms with van der Waals surface area (Å²) in [4.78, 5) is 11.2. The van der Waals surface area contributed by atoms with Crippen molar-refractivity contribution in [2.45, 2.75) is 0 Å². The Morgan fingerprint density at radius 2 is 2.00 bits per heavy atom. The number of phenols is 1. The molecule has 0 atom stereocenters. The zero-order valence-electron chi connectivity index (χ0n) is 9.48. The highest BCUT2D eigenvalue weighted by Crippen LogP contribution is 2.38. The summed E-state index contributed by atoms with van der Waals surface area (Å²) in [6.07, 6.45) is 3.40. The van der Waals surface area contributed by atoms with E-state index >= 15 is 0 Å². The van der Waals surface area contributed by atoms with Crippen molar-refractivity contribution >= 4 is 48.6 Å². The Balaban J connectivity index is 2.31. The molecule has 4 N–H and O–H groups in total. The van der Waals surface area contributed by atoms with Gasteiger partial charge in [0.1, 0.15) is 11.6 Å². The second-order valence-electron chi connectivity index (χ2n) is 3.99. The van der Waals surface area contributed by atoms with E-state index in [1.807, 2.05) is 6.07 Å². The molecule has 0 aliphatic rings. The van der Waals surface area contributed by atoms with Gasteiger partial charge in [-0.3, -0.25) is 0 Å². The standard InChI is InChI=1S/C12H8Br2N4O/c13-5-1-8-10(9(19)2-5)6(3-16-8)7-4-17-12(14)18-11(7)15/h1-4,16,19H,(H2,15,17,18). The predicted molar refractivity (Wildman–Crippen MR) is 80.8 cm³/mol. The van der Waals surface area contributed by atoms with Crippen molar-refractivity contribution in [3.63, 3.8) is 0 Å². The van der Waals surface area contributed by atoms with Gasteiger partial charge in [0.2, 0.25) is 0 Å². The van der Waals surface area contributed by atoms with Crippen LogP contribution in [0, 0.1) is 0 Å². The first-order chi connectivity index (χ1) is 9.06. The Morgan fingerprint density at radius 1 is 1.21 bits per heavy atom. The van der Waals surface area contributed by atoms with Crippen molar-refractivity contribution < 1.29 is 5.11 Å². The van der Waals surface area contributed by atoms with Crippen LogP contribution in [0.4, 0.5) is 5.82 Å². The average molecular weight is 384 g/mol. The molecule has 19 heavy (non-hydrogen) atoms. The molecule has 2 aromatic heterocycles.